The van der Waals surface area contributed by atoms with Gasteiger partial charge in [-0.25, -0.2) is 22.8 Å². The summed E-state index contributed by atoms with van der Waals surface area (Å²) in [5, 5.41) is 16.9. The van der Waals surface area contributed by atoms with Gasteiger partial charge in [0.15, 0.2) is 17.5 Å². The third-order valence-electron chi connectivity index (χ3n) is 1.69. The molecule has 0 aromatic heterocycles. The molecular weight excluding hydrogens is 297 g/mol. The molecule has 0 heterocycles. The number of carbonyl (C=O) groups is 2. The molecule has 0 bridgehead atoms. The molecular formula is C8H2BrF3O4. The van der Waals surface area contributed by atoms with Crippen LogP contribution >= 0.6 is 15.9 Å². The lowest BCUT2D eigenvalue weighted by Gasteiger charge is -2.07. The molecule has 0 atom stereocenters. The molecule has 8 heteroatoms. The van der Waals surface area contributed by atoms with Crippen molar-refractivity contribution in [1.82, 2.24) is 0 Å². The van der Waals surface area contributed by atoms with Gasteiger partial charge in [-0.05, 0) is 15.9 Å². The summed E-state index contributed by atoms with van der Waals surface area (Å²) in [4.78, 5) is 20.9. The minimum absolute atomic E-state index is 0.948. The second-order valence-electron chi connectivity index (χ2n) is 2.62. The topological polar surface area (TPSA) is 74.6 Å². The van der Waals surface area contributed by atoms with Crippen LogP contribution in [0.1, 0.15) is 20.7 Å². The van der Waals surface area contributed by atoms with Crippen molar-refractivity contribution in [3.63, 3.8) is 0 Å². The van der Waals surface area contributed by atoms with Gasteiger partial charge in [0.1, 0.15) is 11.1 Å². The Morgan fingerprint density at radius 2 is 1.25 bits per heavy atom. The molecule has 0 saturated carbocycles. The Balaban J connectivity index is 3.77. The molecule has 1 aromatic carbocycles. The van der Waals surface area contributed by atoms with Crippen molar-refractivity contribution in [1.29, 1.82) is 0 Å². The second-order valence-corrected chi connectivity index (χ2v) is 3.41. The molecule has 0 radical (unpaired) electrons. The molecule has 4 nitrogen and oxygen atoms in total. The van der Waals surface area contributed by atoms with Gasteiger partial charge in [0.25, 0.3) is 0 Å². The van der Waals surface area contributed by atoms with Gasteiger partial charge in [0.2, 0.25) is 0 Å². The van der Waals surface area contributed by atoms with Gasteiger partial charge >= 0.3 is 11.9 Å². The van der Waals surface area contributed by atoms with Crippen molar-refractivity contribution in [2.24, 2.45) is 0 Å². The average Bonchev–Trinajstić information content (AvgIpc) is 2.14. The Hall–Kier alpha value is -1.57. The lowest BCUT2D eigenvalue weighted by molar-refractivity contribution is 0.0664. The van der Waals surface area contributed by atoms with Crippen LogP contribution in [0.4, 0.5) is 13.2 Å². The highest BCUT2D eigenvalue weighted by Crippen LogP contribution is 2.29. The van der Waals surface area contributed by atoms with E-state index in [1.807, 2.05) is 0 Å². The van der Waals surface area contributed by atoms with Crippen LogP contribution in [0.5, 0.6) is 0 Å². The SMILES string of the molecule is O=C(O)c1c(F)c(F)c(C(=O)O)c(Br)c1F. The molecule has 0 unspecified atom stereocenters. The first-order valence-corrected chi connectivity index (χ1v) is 4.40. The average molecular weight is 299 g/mol. The fourth-order valence-corrected chi connectivity index (χ4v) is 1.55. The third kappa shape index (κ3) is 1.75. The Bertz CT molecular complexity index is 427. The quantitative estimate of drug-likeness (QED) is 0.821. The summed E-state index contributed by atoms with van der Waals surface area (Å²) in [6.45, 7) is 0. The second kappa shape index (κ2) is 4.12. The molecule has 0 aliphatic heterocycles. The fraction of sp³-hybridized carbons (Fsp3) is 0. The number of benzene rings is 1. The van der Waals surface area contributed by atoms with Gasteiger partial charge in [-0.15, -0.1) is 0 Å². The largest absolute Gasteiger partial charge is 0.478 e. The van der Waals surface area contributed by atoms with Crippen LogP contribution in [0, 0.1) is 17.5 Å². The van der Waals surface area contributed by atoms with Gasteiger partial charge in [-0.2, -0.15) is 0 Å². The van der Waals surface area contributed by atoms with Crippen molar-refractivity contribution in [2.75, 3.05) is 0 Å². The summed E-state index contributed by atoms with van der Waals surface area (Å²) in [5.74, 6) is -9.61. The fourth-order valence-electron chi connectivity index (χ4n) is 1.01. The first-order chi connectivity index (χ1) is 7.29. The number of carboxylic acids is 2. The number of hydrogen-bond donors (Lipinski definition) is 2. The van der Waals surface area contributed by atoms with Crippen LogP contribution in [-0.2, 0) is 0 Å². The van der Waals surface area contributed by atoms with E-state index in [4.69, 9.17) is 10.2 Å². The Kier molecular flexibility index (Phi) is 3.22. The minimum Gasteiger partial charge on any atom is -0.478 e. The van der Waals surface area contributed by atoms with Crippen molar-refractivity contribution < 1.29 is 33.0 Å². The van der Waals surface area contributed by atoms with E-state index in [1.54, 1.807) is 0 Å². The van der Waals surface area contributed by atoms with Crippen molar-refractivity contribution in [3.05, 3.63) is 33.1 Å². The van der Waals surface area contributed by atoms with E-state index < -0.39 is 45.0 Å². The van der Waals surface area contributed by atoms with E-state index in [1.165, 1.54) is 0 Å². The standard InChI is InChI=1S/C8H2BrF3O4/c9-3-1(7(13)14)5(11)6(12)2(4(3)10)8(15)16/h(H,13,14)(H,15,16). The van der Waals surface area contributed by atoms with Crippen molar-refractivity contribution in [2.45, 2.75) is 0 Å². The molecule has 0 saturated heterocycles. The van der Waals surface area contributed by atoms with Crippen molar-refractivity contribution in [3.8, 4) is 0 Å². The van der Waals surface area contributed by atoms with Crippen LogP contribution < -0.4 is 0 Å². The van der Waals surface area contributed by atoms with Crippen molar-refractivity contribution >= 4 is 27.9 Å². The highest BCUT2D eigenvalue weighted by molar-refractivity contribution is 9.10. The number of hydrogen-bond acceptors (Lipinski definition) is 2. The number of carboxylic acid groups (broad SMARTS) is 2. The van der Waals surface area contributed by atoms with Gasteiger partial charge < -0.3 is 10.2 Å². The summed E-state index contributed by atoms with van der Waals surface area (Å²) >= 11 is 2.36. The Labute approximate surface area is 94.4 Å². The van der Waals surface area contributed by atoms with Crippen LogP contribution in [0.25, 0.3) is 0 Å². The van der Waals surface area contributed by atoms with Crippen LogP contribution in [0.3, 0.4) is 0 Å². The predicted octanol–water partition coefficient (Wildman–Crippen LogP) is 2.26. The van der Waals surface area contributed by atoms with E-state index in [-0.39, 0.29) is 0 Å². The van der Waals surface area contributed by atoms with Gasteiger partial charge in [-0.1, -0.05) is 0 Å². The monoisotopic (exact) mass is 298 g/mol. The van der Waals surface area contributed by atoms with Gasteiger partial charge in [0.05, 0.1) is 4.47 Å². The normalized spacial score (nSPS) is 10.2. The molecule has 0 aliphatic carbocycles. The zero-order chi connectivity index (χ0) is 12.6. The zero-order valence-corrected chi connectivity index (χ0v) is 8.81. The molecule has 2 N–H and O–H groups in total. The first kappa shape index (κ1) is 12.5. The maximum absolute atomic E-state index is 13.2. The van der Waals surface area contributed by atoms with Crippen LogP contribution in [0.2, 0.25) is 0 Å². The van der Waals surface area contributed by atoms with E-state index >= 15 is 0 Å². The van der Waals surface area contributed by atoms with Gasteiger partial charge in [0, 0.05) is 0 Å². The molecule has 1 rings (SSSR count). The molecule has 86 valence electrons. The molecule has 1 aromatic rings. The third-order valence-corrected chi connectivity index (χ3v) is 2.44. The highest BCUT2D eigenvalue weighted by atomic mass is 79.9. The molecule has 0 aliphatic rings. The van der Waals surface area contributed by atoms with Crippen LogP contribution in [0.15, 0.2) is 4.47 Å². The van der Waals surface area contributed by atoms with E-state index in [9.17, 15) is 22.8 Å². The zero-order valence-electron chi connectivity index (χ0n) is 7.22. The Morgan fingerprint density at radius 1 is 0.875 bits per heavy atom. The van der Waals surface area contributed by atoms with E-state index in [2.05, 4.69) is 15.9 Å². The number of rotatable bonds is 2. The lowest BCUT2D eigenvalue weighted by Crippen LogP contribution is -2.13. The maximum atomic E-state index is 13.2. The van der Waals surface area contributed by atoms with Crippen LogP contribution in [-0.4, -0.2) is 22.2 Å². The smallest absolute Gasteiger partial charge is 0.341 e. The molecule has 0 fully saturated rings. The molecule has 0 spiro atoms. The molecule has 0 amide bonds. The van der Waals surface area contributed by atoms with Gasteiger partial charge in [-0.3, -0.25) is 0 Å². The minimum atomic E-state index is -2.05. The van der Waals surface area contributed by atoms with E-state index in [0.717, 1.165) is 0 Å². The Morgan fingerprint density at radius 3 is 1.62 bits per heavy atom. The van der Waals surface area contributed by atoms with E-state index in [0.29, 0.717) is 0 Å². The predicted molar refractivity (Wildman–Crippen MR) is 47.9 cm³/mol. The summed E-state index contributed by atoms with van der Waals surface area (Å²) in [6.07, 6.45) is 0. The number of halogens is 4. The summed E-state index contributed by atoms with van der Waals surface area (Å²) in [5.41, 5.74) is -2.84. The first-order valence-electron chi connectivity index (χ1n) is 3.61. The maximum Gasteiger partial charge on any atom is 0.341 e. The highest BCUT2D eigenvalue weighted by Gasteiger charge is 2.30. The lowest BCUT2D eigenvalue weighted by atomic mass is 10.1. The summed E-state index contributed by atoms with van der Waals surface area (Å²) in [7, 11) is 0. The molecule has 16 heavy (non-hydrogen) atoms. The number of aromatic carboxylic acids is 2. The summed E-state index contributed by atoms with van der Waals surface area (Å²) in [6, 6.07) is 0. The summed E-state index contributed by atoms with van der Waals surface area (Å²) < 4.78 is 38.4.